The highest BCUT2D eigenvalue weighted by Crippen LogP contribution is 2.25. The Morgan fingerprint density at radius 2 is 1.95 bits per heavy atom. The molecule has 1 aromatic rings. The lowest BCUT2D eigenvalue weighted by molar-refractivity contribution is -0.131. The van der Waals surface area contributed by atoms with Crippen molar-refractivity contribution in [3.8, 4) is 0 Å². The summed E-state index contributed by atoms with van der Waals surface area (Å²) in [5.41, 5.74) is 2.16. The summed E-state index contributed by atoms with van der Waals surface area (Å²) in [7, 11) is 0. The Bertz CT molecular complexity index is 442. The molecule has 0 atom stereocenters. The van der Waals surface area contributed by atoms with Crippen LogP contribution in [0.2, 0.25) is 0 Å². The van der Waals surface area contributed by atoms with E-state index >= 15 is 0 Å². The van der Waals surface area contributed by atoms with Crippen molar-refractivity contribution >= 4 is 17.7 Å². The van der Waals surface area contributed by atoms with Gasteiger partial charge in [-0.2, -0.15) is 0 Å². The van der Waals surface area contributed by atoms with E-state index < -0.39 is 5.97 Å². The normalized spacial score (nSPS) is 17.0. The standard InChI is InChI=1S/C16H21NO2/c1-2-13-9-11-17(12-10-13)15-6-3-14(4-7-15)5-8-16(18)19/h3-8,13H,2,9-12H2,1H3,(H,18,19). The first kappa shape index (κ1) is 13.7. The highest BCUT2D eigenvalue weighted by molar-refractivity contribution is 5.85. The molecule has 1 aromatic carbocycles. The number of carboxylic acids is 1. The van der Waals surface area contributed by atoms with Gasteiger partial charge in [-0.3, -0.25) is 0 Å². The van der Waals surface area contributed by atoms with Gasteiger partial charge in [0.15, 0.2) is 0 Å². The highest BCUT2D eigenvalue weighted by Gasteiger charge is 2.17. The van der Waals surface area contributed by atoms with Crippen LogP contribution in [-0.2, 0) is 4.79 Å². The third-order valence-electron chi connectivity index (χ3n) is 3.87. The molecule has 2 rings (SSSR count). The van der Waals surface area contributed by atoms with E-state index in [-0.39, 0.29) is 0 Å². The molecule has 1 aliphatic rings. The first-order chi connectivity index (χ1) is 9.19. The van der Waals surface area contributed by atoms with Crippen LogP contribution >= 0.6 is 0 Å². The Hall–Kier alpha value is -1.77. The number of anilines is 1. The van der Waals surface area contributed by atoms with Crippen molar-refractivity contribution in [2.24, 2.45) is 5.92 Å². The van der Waals surface area contributed by atoms with Crippen molar-refractivity contribution in [3.63, 3.8) is 0 Å². The zero-order valence-corrected chi connectivity index (χ0v) is 11.4. The van der Waals surface area contributed by atoms with Gasteiger partial charge in [0.1, 0.15) is 0 Å². The second kappa shape index (κ2) is 6.41. The fourth-order valence-corrected chi connectivity index (χ4v) is 2.56. The number of nitrogens with zero attached hydrogens (tertiary/aromatic N) is 1. The van der Waals surface area contributed by atoms with Crippen LogP contribution < -0.4 is 4.90 Å². The summed E-state index contributed by atoms with van der Waals surface area (Å²) in [5, 5.41) is 8.59. The fraction of sp³-hybridized carbons (Fsp3) is 0.438. The van der Waals surface area contributed by atoms with E-state index in [1.165, 1.54) is 31.0 Å². The van der Waals surface area contributed by atoms with E-state index in [1.54, 1.807) is 6.08 Å². The van der Waals surface area contributed by atoms with Crippen LogP contribution in [-0.4, -0.2) is 24.2 Å². The van der Waals surface area contributed by atoms with E-state index in [9.17, 15) is 4.79 Å². The number of rotatable bonds is 4. The summed E-state index contributed by atoms with van der Waals surface area (Å²) < 4.78 is 0. The predicted octanol–water partition coefficient (Wildman–Crippen LogP) is 3.41. The zero-order chi connectivity index (χ0) is 13.7. The van der Waals surface area contributed by atoms with E-state index in [0.717, 1.165) is 24.6 Å². The zero-order valence-electron chi connectivity index (χ0n) is 11.4. The second-order valence-corrected chi connectivity index (χ2v) is 5.10. The van der Waals surface area contributed by atoms with Crippen molar-refractivity contribution in [1.29, 1.82) is 0 Å². The fourth-order valence-electron chi connectivity index (χ4n) is 2.56. The van der Waals surface area contributed by atoms with Crippen LogP contribution in [0.3, 0.4) is 0 Å². The van der Waals surface area contributed by atoms with Crippen LogP contribution in [0.4, 0.5) is 5.69 Å². The SMILES string of the molecule is CCC1CCN(c2ccc(C=CC(=O)O)cc2)CC1. The minimum absolute atomic E-state index is 0.883. The molecule has 1 N–H and O–H groups in total. The third-order valence-corrected chi connectivity index (χ3v) is 3.87. The molecule has 0 spiro atoms. The maximum atomic E-state index is 10.5. The summed E-state index contributed by atoms with van der Waals surface area (Å²) in [6.07, 6.45) is 6.62. The Morgan fingerprint density at radius 3 is 2.47 bits per heavy atom. The topological polar surface area (TPSA) is 40.5 Å². The van der Waals surface area contributed by atoms with Gasteiger partial charge >= 0.3 is 5.97 Å². The molecular weight excluding hydrogens is 238 g/mol. The molecule has 0 unspecified atom stereocenters. The molecule has 102 valence electrons. The smallest absolute Gasteiger partial charge is 0.328 e. The van der Waals surface area contributed by atoms with Crippen molar-refractivity contribution in [2.45, 2.75) is 26.2 Å². The monoisotopic (exact) mass is 259 g/mol. The summed E-state index contributed by atoms with van der Waals surface area (Å²) in [4.78, 5) is 12.9. The summed E-state index contributed by atoms with van der Waals surface area (Å²) in [5.74, 6) is -0.0280. The van der Waals surface area contributed by atoms with E-state index in [0.29, 0.717) is 0 Å². The minimum Gasteiger partial charge on any atom is -0.478 e. The largest absolute Gasteiger partial charge is 0.478 e. The molecule has 1 fully saturated rings. The van der Waals surface area contributed by atoms with Gasteiger partial charge in [-0.25, -0.2) is 4.79 Å². The molecule has 0 amide bonds. The van der Waals surface area contributed by atoms with Gasteiger partial charge in [0, 0.05) is 24.9 Å². The van der Waals surface area contributed by atoms with Crippen molar-refractivity contribution in [1.82, 2.24) is 0 Å². The highest BCUT2D eigenvalue weighted by atomic mass is 16.4. The van der Waals surface area contributed by atoms with Gasteiger partial charge < -0.3 is 10.0 Å². The van der Waals surface area contributed by atoms with Crippen LogP contribution in [0.15, 0.2) is 30.3 Å². The number of hydrogen-bond acceptors (Lipinski definition) is 2. The van der Waals surface area contributed by atoms with Crippen LogP contribution in [0.25, 0.3) is 6.08 Å². The second-order valence-electron chi connectivity index (χ2n) is 5.10. The van der Waals surface area contributed by atoms with Gasteiger partial charge in [-0.05, 0) is 42.5 Å². The van der Waals surface area contributed by atoms with Crippen LogP contribution in [0, 0.1) is 5.92 Å². The van der Waals surface area contributed by atoms with Gasteiger partial charge in [0.05, 0.1) is 0 Å². The van der Waals surface area contributed by atoms with Crippen molar-refractivity contribution in [3.05, 3.63) is 35.9 Å². The summed E-state index contributed by atoms with van der Waals surface area (Å²) in [6, 6.07) is 8.10. The van der Waals surface area contributed by atoms with Gasteiger partial charge in [-0.1, -0.05) is 25.5 Å². The quantitative estimate of drug-likeness (QED) is 0.842. The maximum absolute atomic E-state index is 10.5. The van der Waals surface area contributed by atoms with Crippen LogP contribution in [0.5, 0.6) is 0 Å². The first-order valence-corrected chi connectivity index (χ1v) is 6.95. The van der Waals surface area contributed by atoms with Crippen LogP contribution in [0.1, 0.15) is 31.7 Å². The Morgan fingerprint density at radius 1 is 1.32 bits per heavy atom. The summed E-state index contributed by atoms with van der Waals surface area (Å²) in [6.45, 7) is 4.52. The minimum atomic E-state index is -0.911. The van der Waals surface area contributed by atoms with E-state index in [1.807, 2.05) is 12.1 Å². The van der Waals surface area contributed by atoms with E-state index in [2.05, 4.69) is 24.0 Å². The number of aliphatic carboxylic acids is 1. The van der Waals surface area contributed by atoms with Gasteiger partial charge in [-0.15, -0.1) is 0 Å². The average molecular weight is 259 g/mol. The average Bonchev–Trinajstić information content (AvgIpc) is 2.46. The molecule has 0 aromatic heterocycles. The molecule has 19 heavy (non-hydrogen) atoms. The number of benzene rings is 1. The molecule has 1 saturated heterocycles. The number of piperidine rings is 1. The predicted molar refractivity (Wildman–Crippen MR) is 78.3 cm³/mol. The molecule has 3 heteroatoms. The first-order valence-electron chi connectivity index (χ1n) is 6.95. The molecule has 0 aliphatic carbocycles. The van der Waals surface area contributed by atoms with Gasteiger partial charge in [0.2, 0.25) is 0 Å². The number of hydrogen-bond donors (Lipinski definition) is 1. The third kappa shape index (κ3) is 3.85. The van der Waals surface area contributed by atoms with Crippen molar-refractivity contribution in [2.75, 3.05) is 18.0 Å². The Labute approximate surface area is 114 Å². The lowest BCUT2D eigenvalue weighted by atomic mass is 9.94. The Kier molecular flexibility index (Phi) is 4.61. The summed E-state index contributed by atoms with van der Waals surface area (Å²) >= 11 is 0. The number of carbonyl (C=O) groups is 1. The molecule has 0 radical (unpaired) electrons. The molecule has 1 aliphatic heterocycles. The van der Waals surface area contributed by atoms with E-state index in [4.69, 9.17) is 5.11 Å². The molecule has 0 bridgehead atoms. The molecule has 0 saturated carbocycles. The Balaban J connectivity index is 1.97. The molecular formula is C16H21NO2. The molecule has 3 nitrogen and oxygen atoms in total. The number of carboxylic acid groups (broad SMARTS) is 1. The maximum Gasteiger partial charge on any atom is 0.328 e. The lowest BCUT2D eigenvalue weighted by Crippen LogP contribution is -2.33. The lowest BCUT2D eigenvalue weighted by Gasteiger charge is -2.33. The van der Waals surface area contributed by atoms with Gasteiger partial charge in [0.25, 0.3) is 0 Å². The molecule has 1 heterocycles. The van der Waals surface area contributed by atoms with Crippen molar-refractivity contribution < 1.29 is 9.90 Å².